The largest absolute Gasteiger partial charge is 0.0991 e. The Hall–Kier alpha value is 0.272. The van der Waals surface area contributed by atoms with Gasteiger partial charge in [0.15, 0.2) is 0 Å². The molecule has 0 aromatic carbocycles. The minimum atomic E-state index is 0. The predicted molar refractivity (Wildman–Crippen MR) is 34.2 cm³/mol. The summed E-state index contributed by atoms with van der Waals surface area (Å²) in [6.07, 6.45) is 5.45. The topological polar surface area (TPSA) is 0 Å². The van der Waals surface area contributed by atoms with E-state index in [0.29, 0.717) is 0 Å². The van der Waals surface area contributed by atoms with Crippen molar-refractivity contribution in [1.29, 1.82) is 0 Å². The summed E-state index contributed by atoms with van der Waals surface area (Å²) in [7, 11) is 0. The van der Waals surface area contributed by atoms with Gasteiger partial charge in [-0.25, -0.2) is 0 Å². The third-order valence-electron chi connectivity index (χ3n) is 0.703. The molecule has 0 bridgehead atoms. The summed E-state index contributed by atoms with van der Waals surface area (Å²) in [5, 5.41) is 0. The van der Waals surface area contributed by atoms with Crippen molar-refractivity contribution in [2.75, 3.05) is 0 Å². The molecule has 0 unspecified atom stereocenters. The zero-order valence-corrected chi connectivity index (χ0v) is 9.31. The van der Waals surface area contributed by atoms with Gasteiger partial charge in [0.25, 0.3) is 0 Å². The molecule has 0 aliphatic heterocycles. The Bertz CT molecular complexity index is 101. The minimum absolute atomic E-state index is 0. The number of hydrogen-bond acceptors (Lipinski definition) is 0. The summed E-state index contributed by atoms with van der Waals surface area (Å²) in [4.78, 5) is 0. The van der Waals surface area contributed by atoms with Crippen molar-refractivity contribution in [2.45, 2.75) is 6.92 Å². The molecular weight excluding hydrogens is 322 g/mol. The van der Waals surface area contributed by atoms with Crippen LogP contribution in [0, 0.1) is 31.1 Å². The molecule has 0 amide bonds. The van der Waals surface area contributed by atoms with Crippen molar-refractivity contribution in [3.63, 3.8) is 0 Å². The molecule has 0 nitrogen and oxygen atoms in total. The van der Waals surface area contributed by atoms with Gasteiger partial charge >= 0.3 is 0 Å². The molecule has 0 aromatic rings. The van der Waals surface area contributed by atoms with Crippen LogP contribution in [-0.2, 0) is 0 Å². The van der Waals surface area contributed by atoms with E-state index >= 15 is 0 Å². The Morgan fingerprint density at radius 1 is 1.38 bits per heavy atom. The quantitative estimate of drug-likeness (QED) is 0.681. The summed E-state index contributed by atoms with van der Waals surface area (Å²) in [6, 6.07) is 0. The van der Waals surface area contributed by atoms with Gasteiger partial charge in [-0.2, -0.15) is 0 Å². The second-order valence-corrected chi connectivity index (χ2v) is 1.35. The zero-order chi connectivity index (χ0) is 5.70. The first kappa shape index (κ1) is 11.1. The summed E-state index contributed by atoms with van der Waals surface area (Å²) in [5.74, 6) is 0. The van der Waals surface area contributed by atoms with Crippen molar-refractivity contribution in [3.05, 3.63) is 37.0 Å². The van der Waals surface area contributed by atoms with Crippen LogP contribution in [0.1, 0.15) is 6.92 Å². The molecule has 0 heterocycles. The van der Waals surface area contributed by atoms with Crippen LogP contribution in [0.15, 0.2) is 37.0 Å². The average molecular weight is 332 g/mol. The van der Waals surface area contributed by atoms with Gasteiger partial charge in [0.05, 0.1) is 0 Å². The van der Waals surface area contributed by atoms with E-state index in [2.05, 4.69) is 13.2 Å². The van der Waals surface area contributed by atoms with Crippen LogP contribution in [0.2, 0.25) is 0 Å². The maximum atomic E-state index is 3.56. The summed E-state index contributed by atoms with van der Waals surface area (Å²) in [5.41, 5.74) is 1.15. The van der Waals surface area contributed by atoms with E-state index in [0.717, 1.165) is 5.57 Å². The Balaban J connectivity index is 0. The maximum absolute atomic E-state index is 3.56. The summed E-state index contributed by atoms with van der Waals surface area (Å²) < 4.78 is 0. The first-order valence-electron chi connectivity index (χ1n) is 2.23. The van der Waals surface area contributed by atoms with E-state index in [9.17, 15) is 0 Å². The molecule has 0 aromatic heterocycles. The number of hydrogen-bond donors (Lipinski definition) is 0. The zero-order valence-electron chi connectivity index (χ0n) is 5.15. The minimum Gasteiger partial charge on any atom is -0.0991 e. The van der Waals surface area contributed by atoms with Crippen molar-refractivity contribution < 1.29 is 31.1 Å². The van der Waals surface area contributed by atoms with Crippen molar-refractivity contribution in [2.24, 2.45) is 0 Å². The van der Waals surface area contributed by atoms with Gasteiger partial charge in [-0.3, -0.25) is 0 Å². The Labute approximate surface area is 74.7 Å². The Morgan fingerprint density at radius 2 is 1.88 bits per heavy atom. The van der Waals surface area contributed by atoms with Crippen LogP contribution in [0.4, 0.5) is 0 Å². The third kappa shape index (κ3) is 6.27. The fourth-order valence-corrected chi connectivity index (χ4v) is 0.254. The van der Waals surface area contributed by atoms with E-state index in [1.165, 1.54) is 0 Å². The van der Waals surface area contributed by atoms with Crippen molar-refractivity contribution >= 4 is 0 Å². The first-order valence-corrected chi connectivity index (χ1v) is 2.23. The molecule has 0 radical (unpaired) electrons. The normalized spacial score (nSPS) is 9.38. The molecule has 0 saturated carbocycles. The first-order chi connectivity index (χ1) is 3.31. The van der Waals surface area contributed by atoms with Gasteiger partial charge in [0.1, 0.15) is 0 Å². The molecule has 0 atom stereocenters. The number of allylic oxidation sites excluding steroid dienone is 4. The second-order valence-electron chi connectivity index (χ2n) is 1.35. The molecule has 1 heteroatoms. The molecule has 0 saturated heterocycles. The van der Waals surface area contributed by atoms with Crippen LogP contribution >= 0.6 is 0 Å². The molecule has 0 rings (SSSR count). The Kier molecular flexibility index (Phi) is 10.1. The van der Waals surface area contributed by atoms with Gasteiger partial charge in [-0.15, -0.1) is 0 Å². The molecule has 8 heavy (non-hydrogen) atoms. The summed E-state index contributed by atoms with van der Waals surface area (Å²) >= 11 is 0. The smallest absolute Gasteiger partial charge is 0 e. The van der Waals surface area contributed by atoms with Gasteiger partial charge < -0.3 is 0 Å². The fraction of sp³-hybridized carbons (Fsp3) is 0.143. The molecule has 0 aliphatic rings. The average Bonchev–Trinajstić information content (AvgIpc) is 1.68. The van der Waals surface area contributed by atoms with E-state index in [4.69, 9.17) is 0 Å². The third-order valence-corrected chi connectivity index (χ3v) is 0.703. The van der Waals surface area contributed by atoms with Gasteiger partial charge in [-0.1, -0.05) is 37.0 Å². The second kappa shape index (κ2) is 7.27. The van der Waals surface area contributed by atoms with E-state index in [-0.39, 0.29) is 31.1 Å². The van der Waals surface area contributed by atoms with Crippen molar-refractivity contribution in [3.8, 4) is 0 Å². The molecule has 42 valence electrons. The molecule has 0 N–H and O–H groups in total. The van der Waals surface area contributed by atoms with E-state index in [1.807, 2.05) is 13.0 Å². The molecule has 0 fully saturated rings. The SMILES string of the molecule is C=C/C=C(/C)C=C.[U]. The molecule has 0 aliphatic carbocycles. The van der Waals surface area contributed by atoms with E-state index in [1.54, 1.807) is 12.2 Å². The van der Waals surface area contributed by atoms with Crippen molar-refractivity contribution in [1.82, 2.24) is 0 Å². The fourth-order valence-electron chi connectivity index (χ4n) is 0.254. The van der Waals surface area contributed by atoms with Crippen LogP contribution in [-0.4, -0.2) is 0 Å². The van der Waals surface area contributed by atoms with Crippen LogP contribution in [0.25, 0.3) is 0 Å². The Morgan fingerprint density at radius 3 is 2.00 bits per heavy atom. The monoisotopic (exact) mass is 332 g/mol. The van der Waals surface area contributed by atoms with E-state index < -0.39 is 0 Å². The number of rotatable bonds is 2. The standard InChI is InChI=1S/C7H10.U/c1-4-6-7(3)5-2;/h4-6H,1-2H2,3H3;/b7-6-;. The molecule has 0 spiro atoms. The van der Waals surface area contributed by atoms with Gasteiger partial charge in [0, 0.05) is 31.1 Å². The maximum Gasteiger partial charge on any atom is 0 e. The van der Waals surface area contributed by atoms with Gasteiger partial charge in [0.2, 0.25) is 0 Å². The summed E-state index contributed by atoms with van der Waals surface area (Å²) in [6.45, 7) is 9.07. The van der Waals surface area contributed by atoms with Crippen LogP contribution in [0.3, 0.4) is 0 Å². The molecular formula is C7H10U. The predicted octanol–water partition coefficient (Wildman–Crippen LogP) is 2.30. The van der Waals surface area contributed by atoms with Crippen LogP contribution in [0.5, 0.6) is 0 Å². The van der Waals surface area contributed by atoms with Gasteiger partial charge in [-0.05, 0) is 6.92 Å². The van der Waals surface area contributed by atoms with Crippen LogP contribution < -0.4 is 0 Å².